The molecule has 0 saturated carbocycles. The number of furan rings is 1. The van der Waals surface area contributed by atoms with Gasteiger partial charge >= 0.3 is 0 Å². The zero-order valence-corrected chi connectivity index (χ0v) is 13.7. The summed E-state index contributed by atoms with van der Waals surface area (Å²) in [6, 6.07) is 5.57. The molecule has 1 saturated heterocycles. The number of halogens is 1. The van der Waals surface area contributed by atoms with Gasteiger partial charge in [-0.1, -0.05) is 11.6 Å². The summed E-state index contributed by atoms with van der Waals surface area (Å²) in [6.45, 7) is 4.10. The summed E-state index contributed by atoms with van der Waals surface area (Å²) < 4.78 is 6.04. The summed E-state index contributed by atoms with van der Waals surface area (Å²) in [6.07, 6.45) is 0. The van der Waals surface area contributed by atoms with Crippen molar-refractivity contribution in [2.75, 3.05) is 38.1 Å². The van der Waals surface area contributed by atoms with Gasteiger partial charge in [0.1, 0.15) is 16.9 Å². The Morgan fingerprint density at radius 1 is 1.22 bits per heavy atom. The fraction of sp³-hybridized carbons (Fsp3) is 0.375. The fourth-order valence-electron chi connectivity index (χ4n) is 2.97. The number of aromatic nitrogens is 2. The van der Waals surface area contributed by atoms with Crippen molar-refractivity contribution >= 4 is 39.5 Å². The van der Waals surface area contributed by atoms with Crippen LogP contribution >= 0.6 is 11.6 Å². The zero-order valence-electron chi connectivity index (χ0n) is 12.9. The fourth-order valence-corrected chi connectivity index (χ4v) is 3.14. The van der Waals surface area contributed by atoms with Crippen molar-refractivity contribution in [3.63, 3.8) is 0 Å². The van der Waals surface area contributed by atoms with Crippen molar-refractivity contribution in [2.45, 2.75) is 6.54 Å². The monoisotopic (exact) mass is 331 g/mol. The molecule has 4 rings (SSSR count). The molecule has 0 atom stereocenters. The lowest BCUT2D eigenvalue weighted by atomic mass is 10.2. The smallest absolute Gasteiger partial charge is 0.196 e. The van der Waals surface area contributed by atoms with E-state index in [1.807, 2.05) is 18.2 Å². The standard InChI is InChI=1S/C16H18ClN5O/c1-21-4-6-22(7-5-21)16-15-14(19-13(9-18)20-16)11-8-10(17)2-3-12(11)23-15/h2-3,8H,4-7,9,18H2,1H3. The van der Waals surface area contributed by atoms with Crippen molar-refractivity contribution in [1.82, 2.24) is 14.9 Å². The number of hydrogen-bond acceptors (Lipinski definition) is 6. The lowest BCUT2D eigenvalue weighted by molar-refractivity contribution is 0.312. The lowest BCUT2D eigenvalue weighted by Crippen LogP contribution is -2.45. The minimum atomic E-state index is 0.296. The van der Waals surface area contributed by atoms with Crippen molar-refractivity contribution in [3.8, 4) is 0 Å². The van der Waals surface area contributed by atoms with Crippen LogP contribution in [-0.2, 0) is 6.54 Å². The van der Waals surface area contributed by atoms with E-state index in [0.717, 1.165) is 48.5 Å². The molecule has 7 heteroatoms. The Bertz CT molecular complexity index is 870. The first-order chi connectivity index (χ1) is 11.2. The summed E-state index contributed by atoms with van der Waals surface area (Å²) in [5, 5.41) is 1.56. The minimum absolute atomic E-state index is 0.296. The van der Waals surface area contributed by atoms with Crippen LogP contribution in [0.2, 0.25) is 5.02 Å². The summed E-state index contributed by atoms with van der Waals surface area (Å²) in [5.74, 6) is 1.45. The quantitative estimate of drug-likeness (QED) is 0.776. The van der Waals surface area contributed by atoms with E-state index >= 15 is 0 Å². The zero-order chi connectivity index (χ0) is 16.0. The predicted octanol–water partition coefficient (Wildman–Crippen LogP) is 2.24. The number of fused-ring (bicyclic) bond motifs is 3. The minimum Gasteiger partial charge on any atom is -0.450 e. The number of nitrogens with zero attached hydrogens (tertiary/aromatic N) is 4. The lowest BCUT2D eigenvalue weighted by Gasteiger charge is -2.33. The number of rotatable bonds is 2. The molecular formula is C16H18ClN5O. The van der Waals surface area contributed by atoms with E-state index in [0.29, 0.717) is 23.0 Å². The van der Waals surface area contributed by atoms with Crippen LogP contribution in [-0.4, -0.2) is 48.1 Å². The van der Waals surface area contributed by atoms with Crippen molar-refractivity contribution < 1.29 is 4.42 Å². The van der Waals surface area contributed by atoms with Crippen LogP contribution in [0.5, 0.6) is 0 Å². The van der Waals surface area contributed by atoms with Crippen LogP contribution in [0.1, 0.15) is 5.82 Å². The van der Waals surface area contributed by atoms with E-state index in [1.54, 1.807) is 0 Å². The SMILES string of the molecule is CN1CCN(c2nc(CN)nc3c2oc2ccc(Cl)cc23)CC1. The number of anilines is 1. The third-order valence-electron chi connectivity index (χ3n) is 4.29. The second-order valence-corrected chi connectivity index (χ2v) is 6.31. The van der Waals surface area contributed by atoms with E-state index in [2.05, 4.69) is 26.8 Å². The Hall–Kier alpha value is -1.89. The largest absolute Gasteiger partial charge is 0.450 e. The number of piperazine rings is 1. The number of benzene rings is 1. The predicted molar refractivity (Wildman–Crippen MR) is 91.9 cm³/mol. The molecule has 1 fully saturated rings. The highest BCUT2D eigenvalue weighted by atomic mass is 35.5. The van der Waals surface area contributed by atoms with E-state index in [4.69, 9.17) is 21.8 Å². The van der Waals surface area contributed by atoms with Gasteiger partial charge in [-0.2, -0.15) is 0 Å². The normalized spacial score (nSPS) is 16.6. The molecule has 2 N–H and O–H groups in total. The van der Waals surface area contributed by atoms with Crippen LogP contribution in [0, 0.1) is 0 Å². The Labute approximate surface area is 138 Å². The second-order valence-electron chi connectivity index (χ2n) is 5.88. The maximum atomic E-state index is 6.13. The molecule has 1 aliphatic heterocycles. The highest BCUT2D eigenvalue weighted by Crippen LogP contribution is 2.34. The molecule has 0 aliphatic carbocycles. The van der Waals surface area contributed by atoms with Gasteiger partial charge in [0.05, 0.1) is 6.54 Å². The topological polar surface area (TPSA) is 71.4 Å². The molecule has 3 aromatic rings. The van der Waals surface area contributed by atoms with Crippen molar-refractivity contribution in [3.05, 3.63) is 29.0 Å². The maximum absolute atomic E-state index is 6.13. The van der Waals surface area contributed by atoms with Gasteiger partial charge in [0.25, 0.3) is 0 Å². The second kappa shape index (κ2) is 5.63. The molecule has 3 heterocycles. The summed E-state index contributed by atoms with van der Waals surface area (Å²) in [7, 11) is 2.13. The molecule has 23 heavy (non-hydrogen) atoms. The molecule has 0 radical (unpaired) electrons. The molecule has 0 amide bonds. The van der Waals surface area contributed by atoms with Gasteiger partial charge in [-0.25, -0.2) is 9.97 Å². The van der Waals surface area contributed by atoms with Gasteiger partial charge < -0.3 is 20.0 Å². The molecular weight excluding hydrogens is 314 g/mol. The summed E-state index contributed by atoms with van der Waals surface area (Å²) >= 11 is 6.13. The van der Waals surface area contributed by atoms with Crippen LogP contribution in [0.25, 0.3) is 22.1 Å². The Balaban J connectivity index is 1.93. The first-order valence-electron chi connectivity index (χ1n) is 7.68. The van der Waals surface area contributed by atoms with Gasteiger partial charge in [0.2, 0.25) is 0 Å². The van der Waals surface area contributed by atoms with E-state index < -0.39 is 0 Å². The average molecular weight is 332 g/mol. The number of nitrogens with two attached hydrogens (primary N) is 1. The van der Waals surface area contributed by atoms with Crippen LogP contribution in [0.3, 0.4) is 0 Å². The van der Waals surface area contributed by atoms with Crippen LogP contribution in [0.4, 0.5) is 5.82 Å². The highest BCUT2D eigenvalue weighted by molar-refractivity contribution is 6.31. The molecule has 0 bridgehead atoms. The molecule has 0 spiro atoms. The van der Waals surface area contributed by atoms with Gasteiger partial charge in [0.15, 0.2) is 11.4 Å². The highest BCUT2D eigenvalue weighted by Gasteiger charge is 2.22. The Morgan fingerprint density at radius 3 is 2.74 bits per heavy atom. The molecule has 1 aromatic carbocycles. The number of likely N-dealkylation sites (N-methyl/N-ethyl adjacent to an activating group) is 1. The Kier molecular flexibility index (Phi) is 3.60. The van der Waals surface area contributed by atoms with Gasteiger partial charge in [-0.05, 0) is 25.2 Å². The van der Waals surface area contributed by atoms with Crippen molar-refractivity contribution in [1.29, 1.82) is 0 Å². The van der Waals surface area contributed by atoms with E-state index in [-0.39, 0.29) is 0 Å². The molecule has 6 nitrogen and oxygen atoms in total. The van der Waals surface area contributed by atoms with Gasteiger partial charge in [-0.3, -0.25) is 0 Å². The van der Waals surface area contributed by atoms with Crippen LogP contribution in [0.15, 0.2) is 22.6 Å². The molecule has 0 unspecified atom stereocenters. The average Bonchev–Trinajstić information content (AvgIpc) is 2.92. The first-order valence-corrected chi connectivity index (χ1v) is 8.06. The van der Waals surface area contributed by atoms with Gasteiger partial charge in [-0.15, -0.1) is 0 Å². The van der Waals surface area contributed by atoms with Crippen LogP contribution < -0.4 is 10.6 Å². The summed E-state index contributed by atoms with van der Waals surface area (Å²) in [5.41, 5.74) is 8.06. The third kappa shape index (κ3) is 2.52. The van der Waals surface area contributed by atoms with E-state index in [9.17, 15) is 0 Å². The molecule has 2 aromatic heterocycles. The number of hydrogen-bond donors (Lipinski definition) is 1. The third-order valence-corrected chi connectivity index (χ3v) is 4.52. The summed E-state index contributed by atoms with van der Waals surface area (Å²) in [4.78, 5) is 13.7. The maximum Gasteiger partial charge on any atom is 0.196 e. The Morgan fingerprint density at radius 2 is 2.00 bits per heavy atom. The van der Waals surface area contributed by atoms with Gasteiger partial charge in [0, 0.05) is 36.6 Å². The first kappa shape index (κ1) is 14.7. The van der Waals surface area contributed by atoms with Crippen molar-refractivity contribution in [2.24, 2.45) is 5.73 Å². The van der Waals surface area contributed by atoms with E-state index in [1.165, 1.54) is 0 Å². The molecule has 120 valence electrons. The molecule has 1 aliphatic rings.